The maximum Gasteiger partial charge on any atom is 0.343 e. The summed E-state index contributed by atoms with van der Waals surface area (Å²) in [6.45, 7) is 2.47. The summed E-state index contributed by atoms with van der Waals surface area (Å²) in [5.41, 5.74) is 2.09. The first-order chi connectivity index (χ1) is 12.5. The molecule has 2 aromatic carbocycles. The van der Waals surface area contributed by atoms with Crippen molar-refractivity contribution in [1.82, 2.24) is 0 Å². The van der Waals surface area contributed by atoms with Crippen LogP contribution in [0, 0.1) is 3.57 Å². The first kappa shape index (κ1) is 18.8. The SMILES string of the molecule is CCOc1c(I)cc(C=C2C=C(c3ccc(Cl)cc3)OC2=O)cc1OC. The summed E-state index contributed by atoms with van der Waals surface area (Å²) in [4.78, 5) is 12.2. The van der Waals surface area contributed by atoms with Crippen molar-refractivity contribution in [1.29, 1.82) is 0 Å². The fourth-order valence-electron chi connectivity index (χ4n) is 2.53. The largest absolute Gasteiger partial charge is 0.493 e. The molecule has 0 aromatic heterocycles. The van der Waals surface area contributed by atoms with Gasteiger partial charge in [-0.25, -0.2) is 4.79 Å². The molecule has 134 valence electrons. The molecule has 1 heterocycles. The van der Waals surface area contributed by atoms with Crippen LogP contribution >= 0.6 is 34.2 Å². The van der Waals surface area contributed by atoms with Crippen LogP contribution in [-0.4, -0.2) is 19.7 Å². The third-order valence-electron chi connectivity index (χ3n) is 3.72. The van der Waals surface area contributed by atoms with Crippen LogP contribution < -0.4 is 9.47 Å². The first-order valence-electron chi connectivity index (χ1n) is 7.93. The predicted octanol–water partition coefficient (Wildman–Crippen LogP) is 5.33. The highest BCUT2D eigenvalue weighted by Crippen LogP contribution is 2.35. The molecule has 0 radical (unpaired) electrons. The molecule has 0 N–H and O–H groups in total. The van der Waals surface area contributed by atoms with Gasteiger partial charge in [0.15, 0.2) is 11.5 Å². The van der Waals surface area contributed by atoms with E-state index in [9.17, 15) is 4.79 Å². The van der Waals surface area contributed by atoms with E-state index in [4.69, 9.17) is 25.8 Å². The van der Waals surface area contributed by atoms with Gasteiger partial charge in [0.25, 0.3) is 0 Å². The molecule has 1 aliphatic rings. The van der Waals surface area contributed by atoms with Gasteiger partial charge < -0.3 is 14.2 Å². The maximum atomic E-state index is 12.2. The molecule has 0 unspecified atom stereocenters. The minimum atomic E-state index is -0.391. The van der Waals surface area contributed by atoms with Crippen molar-refractivity contribution in [3.8, 4) is 11.5 Å². The van der Waals surface area contributed by atoms with Crippen molar-refractivity contribution in [2.45, 2.75) is 6.92 Å². The van der Waals surface area contributed by atoms with Gasteiger partial charge in [0.1, 0.15) is 5.76 Å². The lowest BCUT2D eigenvalue weighted by Gasteiger charge is -2.12. The monoisotopic (exact) mass is 482 g/mol. The average Bonchev–Trinajstić information content (AvgIpc) is 2.98. The molecule has 4 nitrogen and oxygen atoms in total. The number of benzene rings is 2. The molecule has 0 spiro atoms. The van der Waals surface area contributed by atoms with Crippen molar-refractivity contribution >= 4 is 52.0 Å². The normalized spacial score (nSPS) is 15.0. The zero-order chi connectivity index (χ0) is 18.7. The number of rotatable bonds is 5. The van der Waals surface area contributed by atoms with Crippen LogP contribution in [0.4, 0.5) is 0 Å². The minimum Gasteiger partial charge on any atom is -0.493 e. The predicted molar refractivity (Wildman–Crippen MR) is 110 cm³/mol. The van der Waals surface area contributed by atoms with Gasteiger partial charge in [0, 0.05) is 10.6 Å². The van der Waals surface area contributed by atoms with Gasteiger partial charge in [-0.2, -0.15) is 0 Å². The Morgan fingerprint density at radius 3 is 2.62 bits per heavy atom. The second-order valence-corrected chi connectivity index (χ2v) is 7.07. The minimum absolute atomic E-state index is 0.391. The van der Waals surface area contributed by atoms with Gasteiger partial charge in [0.05, 0.1) is 22.9 Å². The molecule has 26 heavy (non-hydrogen) atoms. The van der Waals surface area contributed by atoms with Crippen LogP contribution in [0.5, 0.6) is 11.5 Å². The third-order valence-corrected chi connectivity index (χ3v) is 4.77. The molecule has 2 aromatic rings. The van der Waals surface area contributed by atoms with Gasteiger partial charge >= 0.3 is 5.97 Å². The van der Waals surface area contributed by atoms with Crippen LogP contribution in [0.25, 0.3) is 11.8 Å². The Bertz CT molecular complexity index is 901. The Kier molecular flexibility index (Phi) is 5.88. The Hall–Kier alpha value is -1.99. The number of halogens is 2. The van der Waals surface area contributed by atoms with E-state index in [1.807, 2.05) is 31.2 Å². The maximum absolute atomic E-state index is 12.2. The van der Waals surface area contributed by atoms with Crippen LogP contribution in [0.2, 0.25) is 5.02 Å². The van der Waals surface area contributed by atoms with Crippen molar-refractivity contribution in [2.75, 3.05) is 13.7 Å². The van der Waals surface area contributed by atoms with Gasteiger partial charge in [-0.15, -0.1) is 0 Å². The molecule has 0 atom stereocenters. The molecule has 3 rings (SSSR count). The lowest BCUT2D eigenvalue weighted by Crippen LogP contribution is -1.99. The van der Waals surface area contributed by atoms with E-state index < -0.39 is 5.97 Å². The smallest absolute Gasteiger partial charge is 0.343 e. The third kappa shape index (κ3) is 4.04. The van der Waals surface area contributed by atoms with Gasteiger partial charge in [-0.3, -0.25) is 0 Å². The number of carbonyl (C=O) groups is 1. The highest BCUT2D eigenvalue weighted by molar-refractivity contribution is 14.1. The van der Waals surface area contributed by atoms with E-state index in [1.165, 1.54) is 0 Å². The fraction of sp³-hybridized carbons (Fsp3) is 0.150. The summed E-state index contributed by atoms with van der Waals surface area (Å²) in [7, 11) is 1.59. The first-order valence-corrected chi connectivity index (χ1v) is 9.39. The van der Waals surface area contributed by atoms with Crippen molar-refractivity contribution in [3.05, 3.63) is 67.8 Å². The fourth-order valence-corrected chi connectivity index (χ4v) is 3.44. The molecule has 0 saturated carbocycles. The summed E-state index contributed by atoms with van der Waals surface area (Å²) >= 11 is 8.09. The standard InChI is InChI=1S/C20H16ClIO4/c1-3-25-19-16(22)9-12(10-18(19)24-2)8-14-11-17(26-20(14)23)13-4-6-15(21)7-5-13/h4-11H,3H2,1-2H3. The quantitative estimate of drug-likeness (QED) is 0.328. The van der Waals surface area contributed by atoms with E-state index in [0.717, 1.165) is 14.7 Å². The van der Waals surface area contributed by atoms with Crippen LogP contribution in [0.15, 0.2) is 48.0 Å². The number of carbonyl (C=O) groups excluding carboxylic acids is 1. The Labute approximate surface area is 170 Å². The second-order valence-electron chi connectivity index (χ2n) is 5.47. The summed E-state index contributed by atoms with van der Waals surface area (Å²) in [5, 5.41) is 0.630. The Morgan fingerprint density at radius 1 is 1.23 bits per heavy atom. The number of cyclic esters (lactones) is 1. The summed E-state index contributed by atoms with van der Waals surface area (Å²) in [5.74, 6) is 1.44. The van der Waals surface area contributed by atoms with E-state index in [2.05, 4.69) is 22.6 Å². The molecule has 0 bridgehead atoms. The molecule has 6 heteroatoms. The zero-order valence-corrected chi connectivity index (χ0v) is 17.1. The Morgan fingerprint density at radius 2 is 1.96 bits per heavy atom. The highest BCUT2D eigenvalue weighted by atomic mass is 127. The van der Waals surface area contributed by atoms with Crippen molar-refractivity contribution in [3.63, 3.8) is 0 Å². The van der Waals surface area contributed by atoms with Crippen LogP contribution in [-0.2, 0) is 9.53 Å². The van der Waals surface area contributed by atoms with Crippen LogP contribution in [0.3, 0.4) is 0 Å². The Balaban J connectivity index is 1.95. The van der Waals surface area contributed by atoms with E-state index in [1.54, 1.807) is 31.4 Å². The molecule has 0 saturated heterocycles. The lowest BCUT2D eigenvalue weighted by atomic mass is 10.1. The lowest BCUT2D eigenvalue weighted by molar-refractivity contribution is -0.130. The summed E-state index contributed by atoms with van der Waals surface area (Å²) < 4.78 is 17.3. The van der Waals surface area contributed by atoms with E-state index in [-0.39, 0.29) is 0 Å². The molecule has 0 aliphatic carbocycles. The van der Waals surface area contributed by atoms with Crippen molar-refractivity contribution < 1.29 is 19.0 Å². The number of ether oxygens (including phenoxy) is 3. The molecular formula is C20H16ClIO4. The topological polar surface area (TPSA) is 44.8 Å². The van der Waals surface area contributed by atoms with Gasteiger partial charge in [-0.1, -0.05) is 11.6 Å². The number of methoxy groups -OCH3 is 1. The van der Waals surface area contributed by atoms with Crippen LogP contribution in [0.1, 0.15) is 18.1 Å². The van der Waals surface area contributed by atoms with E-state index >= 15 is 0 Å². The van der Waals surface area contributed by atoms with Crippen molar-refractivity contribution in [2.24, 2.45) is 0 Å². The highest BCUT2D eigenvalue weighted by Gasteiger charge is 2.22. The molecular weight excluding hydrogens is 467 g/mol. The molecule has 0 amide bonds. The van der Waals surface area contributed by atoms with E-state index in [0.29, 0.717) is 34.5 Å². The zero-order valence-electron chi connectivity index (χ0n) is 14.2. The van der Waals surface area contributed by atoms with Gasteiger partial charge in [0.2, 0.25) is 0 Å². The number of hydrogen-bond acceptors (Lipinski definition) is 4. The second kappa shape index (κ2) is 8.14. The summed E-state index contributed by atoms with van der Waals surface area (Å²) in [6.07, 6.45) is 3.49. The summed E-state index contributed by atoms with van der Waals surface area (Å²) in [6, 6.07) is 10.9. The average molecular weight is 483 g/mol. The number of hydrogen-bond donors (Lipinski definition) is 0. The molecule has 1 aliphatic heterocycles. The molecule has 0 fully saturated rings. The number of esters is 1. The van der Waals surface area contributed by atoms with Gasteiger partial charge in [-0.05, 0) is 83.6 Å².